The summed E-state index contributed by atoms with van der Waals surface area (Å²) >= 11 is 0. The SMILES string of the molecule is CCOC(=O)/C(C)=C(\C)OS(=O)(=O)C(F)(F)C(F)(F)C(F)(F)C(F)(F)F. The van der Waals surface area contributed by atoms with Crippen molar-refractivity contribution in [2.75, 3.05) is 6.61 Å². The number of ether oxygens (including phenoxy) is 1. The number of esters is 1. The van der Waals surface area contributed by atoms with Crippen molar-refractivity contribution < 1.29 is 61.6 Å². The molecular formula is C11H11F9O5S. The summed E-state index contributed by atoms with van der Waals surface area (Å²) in [5, 5.41) is -7.00. The Morgan fingerprint density at radius 3 is 1.65 bits per heavy atom. The highest BCUT2D eigenvalue weighted by Gasteiger charge is 2.86. The zero-order chi connectivity index (χ0) is 21.4. The van der Waals surface area contributed by atoms with Gasteiger partial charge in [0.25, 0.3) is 0 Å². The number of hydrogen-bond acceptors (Lipinski definition) is 5. The number of carbonyl (C=O) groups is 1. The normalized spacial score (nSPS) is 15.4. The van der Waals surface area contributed by atoms with Gasteiger partial charge in [-0.2, -0.15) is 47.9 Å². The lowest BCUT2D eigenvalue weighted by molar-refractivity contribution is -0.382. The van der Waals surface area contributed by atoms with Crippen molar-refractivity contribution in [1.29, 1.82) is 0 Å². The van der Waals surface area contributed by atoms with Gasteiger partial charge in [0.2, 0.25) is 0 Å². The summed E-state index contributed by atoms with van der Waals surface area (Å²) in [7, 11) is -7.08. The summed E-state index contributed by atoms with van der Waals surface area (Å²) in [4.78, 5) is 11.2. The Labute approximate surface area is 140 Å². The van der Waals surface area contributed by atoms with Gasteiger partial charge in [0.1, 0.15) is 5.76 Å². The predicted molar refractivity (Wildman–Crippen MR) is 65.9 cm³/mol. The van der Waals surface area contributed by atoms with E-state index in [1.807, 2.05) is 0 Å². The van der Waals surface area contributed by atoms with Crippen LogP contribution >= 0.6 is 0 Å². The molecule has 0 aliphatic heterocycles. The maximum absolute atomic E-state index is 13.4. The molecule has 0 aromatic carbocycles. The van der Waals surface area contributed by atoms with Crippen LogP contribution in [0.2, 0.25) is 0 Å². The number of carbonyl (C=O) groups excluding carboxylic acids is 1. The molecule has 0 N–H and O–H groups in total. The second-order valence-electron chi connectivity index (χ2n) is 4.60. The monoisotopic (exact) mass is 426 g/mol. The van der Waals surface area contributed by atoms with Crippen LogP contribution in [0.4, 0.5) is 39.5 Å². The maximum atomic E-state index is 13.4. The number of alkyl halides is 9. The van der Waals surface area contributed by atoms with Gasteiger partial charge < -0.3 is 8.92 Å². The minimum absolute atomic E-state index is 0.276. The Bertz CT molecular complexity index is 679. The van der Waals surface area contributed by atoms with E-state index in [0.29, 0.717) is 6.92 Å². The van der Waals surface area contributed by atoms with Crippen LogP contribution in [0.3, 0.4) is 0 Å². The molecule has 154 valence electrons. The molecule has 26 heavy (non-hydrogen) atoms. The van der Waals surface area contributed by atoms with Crippen molar-refractivity contribution in [1.82, 2.24) is 0 Å². The molecule has 0 spiro atoms. The standard InChI is InChI=1S/C11H11F9O5S/c1-4-24-7(21)5(2)6(3)25-26(22,23)11(19,20)9(14,15)8(12,13)10(16,17)18/h4H2,1-3H3/b6-5+. The summed E-state index contributed by atoms with van der Waals surface area (Å²) < 4.78 is 145. The largest absolute Gasteiger partial charge is 0.463 e. The van der Waals surface area contributed by atoms with E-state index >= 15 is 0 Å². The topological polar surface area (TPSA) is 69.7 Å². The van der Waals surface area contributed by atoms with E-state index in [0.717, 1.165) is 6.92 Å². The third-order valence-electron chi connectivity index (χ3n) is 2.77. The van der Waals surface area contributed by atoms with Crippen LogP contribution in [0.1, 0.15) is 20.8 Å². The van der Waals surface area contributed by atoms with Gasteiger partial charge in [-0.25, -0.2) is 4.79 Å². The van der Waals surface area contributed by atoms with Crippen LogP contribution in [0.5, 0.6) is 0 Å². The van der Waals surface area contributed by atoms with Crippen molar-refractivity contribution in [3.05, 3.63) is 11.3 Å². The van der Waals surface area contributed by atoms with Crippen LogP contribution < -0.4 is 0 Å². The molecule has 15 heteroatoms. The lowest BCUT2D eigenvalue weighted by Gasteiger charge is -2.32. The van der Waals surface area contributed by atoms with Crippen LogP contribution in [0, 0.1) is 0 Å². The predicted octanol–water partition coefficient (Wildman–Crippen LogP) is 3.62. The molecule has 0 aliphatic carbocycles. The number of allylic oxidation sites excluding steroid dienone is 1. The second kappa shape index (κ2) is 7.15. The van der Waals surface area contributed by atoms with Crippen molar-refractivity contribution in [2.45, 2.75) is 44.0 Å². The van der Waals surface area contributed by atoms with Crippen molar-refractivity contribution in [2.24, 2.45) is 0 Å². The van der Waals surface area contributed by atoms with Crippen molar-refractivity contribution >= 4 is 16.1 Å². The van der Waals surface area contributed by atoms with Crippen LogP contribution in [-0.4, -0.2) is 44.3 Å². The highest BCUT2D eigenvalue weighted by atomic mass is 32.2. The Kier molecular flexibility index (Phi) is 6.69. The molecule has 0 bridgehead atoms. The number of hydrogen-bond donors (Lipinski definition) is 0. The van der Waals surface area contributed by atoms with Crippen molar-refractivity contribution in [3.8, 4) is 0 Å². The highest BCUT2D eigenvalue weighted by Crippen LogP contribution is 2.55. The van der Waals surface area contributed by atoms with Gasteiger partial charge in [-0.1, -0.05) is 0 Å². The number of halogens is 9. The smallest absolute Gasteiger partial charge is 0.460 e. The molecule has 0 saturated heterocycles. The minimum Gasteiger partial charge on any atom is -0.463 e. The molecule has 0 aliphatic rings. The third kappa shape index (κ3) is 4.01. The van der Waals surface area contributed by atoms with E-state index in [4.69, 9.17) is 0 Å². The summed E-state index contributed by atoms with van der Waals surface area (Å²) in [6.45, 7) is 2.23. The molecule has 0 aromatic heterocycles. The Morgan fingerprint density at radius 2 is 1.31 bits per heavy atom. The van der Waals surface area contributed by atoms with Gasteiger partial charge in [0.15, 0.2) is 0 Å². The molecule has 0 fully saturated rings. The first-order chi connectivity index (χ1) is 11.3. The van der Waals surface area contributed by atoms with E-state index in [1.165, 1.54) is 6.92 Å². The summed E-state index contributed by atoms with van der Waals surface area (Å²) in [5.74, 6) is -17.5. The zero-order valence-corrected chi connectivity index (χ0v) is 13.9. The average Bonchev–Trinajstić information content (AvgIpc) is 2.44. The lowest BCUT2D eigenvalue weighted by Crippen LogP contribution is -2.63. The molecular weight excluding hydrogens is 415 g/mol. The fraction of sp³-hybridized carbons (Fsp3) is 0.727. The molecule has 0 atom stereocenters. The summed E-state index contributed by atoms with van der Waals surface area (Å²) in [5.41, 5.74) is -0.836. The Hall–Kier alpha value is -1.67. The van der Waals surface area contributed by atoms with E-state index in [9.17, 15) is 52.7 Å². The lowest BCUT2D eigenvalue weighted by atomic mass is 10.1. The Morgan fingerprint density at radius 1 is 0.885 bits per heavy atom. The van der Waals surface area contributed by atoms with E-state index < -0.39 is 50.7 Å². The maximum Gasteiger partial charge on any atom is 0.460 e. The third-order valence-corrected chi connectivity index (χ3v) is 4.13. The Balaban J connectivity index is 6.07. The minimum atomic E-state index is -7.42. The fourth-order valence-electron chi connectivity index (χ4n) is 1.18. The number of rotatable bonds is 7. The van der Waals surface area contributed by atoms with Crippen LogP contribution in [0.25, 0.3) is 0 Å². The molecule has 0 amide bonds. The highest BCUT2D eigenvalue weighted by molar-refractivity contribution is 7.88. The zero-order valence-electron chi connectivity index (χ0n) is 13.1. The summed E-state index contributed by atoms with van der Waals surface area (Å²) in [6.07, 6.45) is -7.19. The molecule has 0 rings (SSSR count). The molecule has 0 radical (unpaired) electrons. The van der Waals surface area contributed by atoms with Crippen LogP contribution in [0.15, 0.2) is 11.3 Å². The van der Waals surface area contributed by atoms with E-state index in [1.54, 1.807) is 0 Å². The molecule has 0 heterocycles. The first-order valence-electron chi connectivity index (χ1n) is 6.26. The van der Waals surface area contributed by atoms with E-state index in [-0.39, 0.29) is 6.61 Å². The van der Waals surface area contributed by atoms with Gasteiger partial charge in [-0.3, -0.25) is 0 Å². The van der Waals surface area contributed by atoms with Gasteiger partial charge in [0.05, 0.1) is 12.2 Å². The average molecular weight is 426 g/mol. The molecule has 0 saturated carbocycles. The van der Waals surface area contributed by atoms with E-state index in [2.05, 4.69) is 8.92 Å². The molecule has 0 aromatic rings. The molecule has 0 unspecified atom stereocenters. The second-order valence-corrected chi connectivity index (χ2v) is 6.19. The first-order valence-corrected chi connectivity index (χ1v) is 7.67. The summed E-state index contributed by atoms with van der Waals surface area (Å²) in [6, 6.07) is 0. The fourth-order valence-corrected chi connectivity index (χ4v) is 2.18. The van der Waals surface area contributed by atoms with Gasteiger partial charge in [-0.15, -0.1) is 0 Å². The first kappa shape index (κ1) is 24.3. The molecule has 5 nitrogen and oxygen atoms in total. The van der Waals surface area contributed by atoms with Crippen molar-refractivity contribution in [3.63, 3.8) is 0 Å². The van der Waals surface area contributed by atoms with Gasteiger partial charge >= 0.3 is 39.4 Å². The van der Waals surface area contributed by atoms with Gasteiger partial charge in [0, 0.05) is 0 Å². The van der Waals surface area contributed by atoms with Gasteiger partial charge in [-0.05, 0) is 20.8 Å². The quantitative estimate of drug-likeness (QED) is 0.205. The van der Waals surface area contributed by atoms with Crippen LogP contribution in [-0.2, 0) is 23.8 Å².